The number of carbonyl (C=O) groups excluding carboxylic acids is 2. The number of nitrogens with zero attached hydrogens (tertiary/aromatic N) is 2. The van der Waals surface area contributed by atoms with Gasteiger partial charge in [-0.05, 0) is 155 Å². The van der Waals surface area contributed by atoms with Gasteiger partial charge in [0.05, 0.1) is 18.7 Å². The van der Waals surface area contributed by atoms with Crippen LogP contribution in [0.25, 0.3) is 0 Å². The zero-order chi connectivity index (χ0) is 67.3. The molecule has 1 aliphatic carbocycles. The topological polar surface area (TPSA) is 200 Å². The molecule has 1 saturated heterocycles. The third kappa shape index (κ3) is 28.2. The number of phenolic OH excluding ortho intramolecular Hbond substituents is 3. The molecular weight excluding hydrogens is 1330 g/mol. The van der Waals surface area contributed by atoms with E-state index in [9.17, 15) is 51.3 Å². The number of epoxide rings is 1. The molecule has 0 bridgehead atoms. The molecule has 4 aromatic rings. The Morgan fingerprint density at radius 2 is 0.943 bits per heavy atom. The van der Waals surface area contributed by atoms with Gasteiger partial charge in [-0.15, -0.1) is 0 Å². The Morgan fingerprint density at radius 1 is 0.591 bits per heavy atom. The summed E-state index contributed by atoms with van der Waals surface area (Å²) in [5, 5.41) is 48.7. The third-order valence-corrected chi connectivity index (χ3v) is 14.0. The van der Waals surface area contributed by atoms with Crippen molar-refractivity contribution in [2.45, 2.75) is 232 Å². The van der Waals surface area contributed by atoms with Crippen molar-refractivity contribution < 1.29 is 97.2 Å². The number of halogens is 8. The number of hydrogen-bond acceptors (Lipinski definition) is 13. The van der Waals surface area contributed by atoms with Crippen LogP contribution in [-0.4, -0.2) is 117 Å². The molecular formula is C66H92Br2CoF6N2O11. The molecule has 1 aliphatic heterocycles. The fraction of sp³-hybridized carbons (Fsp3) is 0.576. The normalized spacial score (nSPS) is 17.0. The van der Waals surface area contributed by atoms with Crippen molar-refractivity contribution in [2.75, 3.05) is 13.2 Å². The summed E-state index contributed by atoms with van der Waals surface area (Å²) in [5.41, 5.74) is -0.232. The molecule has 0 amide bonds. The number of carbonyl (C=O) groups is 2. The first-order valence-electron chi connectivity index (χ1n) is 28.5. The largest absolute Gasteiger partial charge is 0.508 e. The van der Waals surface area contributed by atoms with Crippen LogP contribution in [-0.2, 0) is 62.2 Å². The fourth-order valence-corrected chi connectivity index (χ4v) is 8.14. The Labute approximate surface area is 544 Å². The van der Waals surface area contributed by atoms with Gasteiger partial charge in [0.1, 0.15) is 40.8 Å². The van der Waals surface area contributed by atoms with Crippen molar-refractivity contribution in [3.63, 3.8) is 0 Å². The van der Waals surface area contributed by atoms with Crippen LogP contribution in [0.15, 0.2) is 91.7 Å². The number of aromatic hydroxyl groups is 3. The minimum absolute atomic E-state index is 0. The molecule has 88 heavy (non-hydrogen) atoms. The minimum Gasteiger partial charge on any atom is -0.508 e. The van der Waals surface area contributed by atoms with E-state index in [-0.39, 0.29) is 81.7 Å². The summed E-state index contributed by atoms with van der Waals surface area (Å²) in [5.74, 6) is 0.596. The number of aliphatic hydroxyl groups is 2. The number of phenols is 3. The van der Waals surface area contributed by atoms with Crippen LogP contribution < -0.4 is 4.74 Å². The van der Waals surface area contributed by atoms with Crippen molar-refractivity contribution >= 4 is 56.2 Å². The van der Waals surface area contributed by atoms with Crippen molar-refractivity contribution in [1.29, 1.82) is 0 Å². The molecule has 6 rings (SSSR count). The second-order valence-electron chi connectivity index (χ2n) is 27.6. The van der Waals surface area contributed by atoms with Crippen molar-refractivity contribution in [3.05, 3.63) is 115 Å². The summed E-state index contributed by atoms with van der Waals surface area (Å²) in [7, 11) is 0. The Kier molecular flexibility index (Phi) is 30.1. The van der Waals surface area contributed by atoms with Gasteiger partial charge in [0.25, 0.3) is 5.60 Å². The quantitative estimate of drug-likeness (QED) is 0.0462. The molecule has 4 aromatic carbocycles. The molecule has 1 unspecified atom stereocenters. The van der Waals surface area contributed by atoms with Gasteiger partial charge < -0.3 is 44.5 Å². The summed E-state index contributed by atoms with van der Waals surface area (Å²) in [6.07, 6.45) is -5.04. The minimum atomic E-state index is -5.69. The number of aliphatic hydroxyl groups excluding tert-OH is 1. The molecule has 0 aromatic heterocycles. The Balaban J connectivity index is 0.000000656. The van der Waals surface area contributed by atoms with Crippen LogP contribution in [0.1, 0.15) is 191 Å². The third-order valence-electron chi connectivity index (χ3n) is 13.0. The first kappa shape index (κ1) is 81.3. The van der Waals surface area contributed by atoms with E-state index in [1.165, 1.54) is 11.1 Å². The average molecular weight is 1420 g/mol. The smallest absolute Gasteiger partial charge is 0.425 e. The zero-order valence-electron chi connectivity index (χ0n) is 54.1. The van der Waals surface area contributed by atoms with E-state index in [2.05, 4.69) is 139 Å². The van der Waals surface area contributed by atoms with Gasteiger partial charge >= 0.3 is 24.3 Å². The number of rotatable bonds is 9. The number of esters is 2. The van der Waals surface area contributed by atoms with E-state index >= 15 is 0 Å². The summed E-state index contributed by atoms with van der Waals surface area (Å²) in [6.45, 7) is 36.8. The molecule has 1 radical (unpaired) electrons. The number of benzene rings is 4. The monoisotopic (exact) mass is 1420 g/mol. The van der Waals surface area contributed by atoms with E-state index in [0.717, 1.165) is 56.9 Å². The van der Waals surface area contributed by atoms with Crippen LogP contribution in [0, 0.1) is 0 Å². The maximum absolute atomic E-state index is 11.5. The van der Waals surface area contributed by atoms with Gasteiger partial charge in [-0.25, -0.2) is 9.59 Å². The zero-order valence-corrected chi connectivity index (χ0v) is 58.3. The predicted molar refractivity (Wildman–Crippen MR) is 338 cm³/mol. The van der Waals surface area contributed by atoms with Gasteiger partial charge in [-0.3, -0.25) is 9.98 Å². The van der Waals surface area contributed by atoms with Gasteiger partial charge in [-0.1, -0.05) is 140 Å². The molecule has 1 saturated carbocycles. The maximum Gasteiger partial charge on any atom is 0.425 e. The van der Waals surface area contributed by atoms with Crippen LogP contribution in [0.5, 0.6) is 23.0 Å². The number of aliphatic imine (C=N–C) groups is 2. The Morgan fingerprint density at radius 3 is 1.23 bits per heavy atom. The van der Waals surface area contributed by atoms with Gasteiger partial charge in [0, 0.05) is 60.4 Å². The molecule has 13 nitrogen and oxygen atoms in total. The van der Waals surface area contributed by atoms with Gasteiger partial charge in [-0.2, -0.15) is 26.3 Å². The molecule has 5 N–H and O–H groups in total. The van der Waals surface area contributed by atoms with E-state index in [1.807, 2.05) is 45.3 Å². The summed E-state index contributed by atoms with van der Waals surface area (Å²) < 4.78 is 90.1. The number of alkyl halides is 6. The van der Waals surface area contributed by atoms with Crippen molar-refractivity contribution in [2.24, 2.45) is 9.98 Å². The van der Waals surface area contributed by atoms with E-state index in [0.29, 0.717) is 29.6 Å². The maximum atomic E-state index is 11.5. The summed E-state index contributed by atoms with van der Waals surface area (Å²) in [6, 6.07) is 22.5. The first-order chi connectivity index (χ1) is 39.2. The summed E-state index contributed by atoms with van der Waals surface area (Å²) in [4.78, 5) is 32.4. The number of hydrogen-bond donors (Lipinski definition) is 5. The van der Waals surface area contributed by atoms with E-state index in [1.54, 1.807) is 57.2 Å². The van der Waals surface area contributed by atoms with Crippen molar-refractivity contribution in [3.8, 4) is 23.0 Å². The molecule has 4 atom stereocenters. The second kappa shape index (κ2) is 32.5. The molecule has 22 heteroatoms. The van der Waals surface area contributed by atoms with Crippen molar-refractivity contribution in [1.82, 2.24) is 0 Å². The molecule has 0 spiro atoms. The van der Waals surface area contributed by atoms with Crippen LogP contribution >= 0.6 is 31.9 Å². The van der Waals surface area contributed by atoms with Gasteiger partial charge in [0.2, 0.25) is 0 Å². The predicted octanol–water partition coefficient (Wildman–Crippen LogP) is 16.4. The standard InChI is InChI=1S/C36H54N2O2.C13H17BrO4.C7H12O3.C6H5BrO.C4H4F6O.Co/c1-33(2,3)25-17-23(31(39)27(19-25)35(7,8)9)21-37-29-15-13-14-16-30(29)38-22-24-18-26(34(4,5)6)20-28(32(24)40)36(10,11)12;1-13(2,3)18-12(16)11(15)8-17-10-6-4-9(14)5-7-10;1-7(2,3)10-6(8)5-4-9-5;7-5-1-3-6(8)4-2-5;1-2(11,3(5,6)7)4(8,9)10;/h17-22,29-30,39-40H,13-16H2,1-12H3;4-7,11,15H,8H2,1-3H3;5H,4H2,1-3H3;1-4,8H;11H,1H3;/t29-,30-;11-;;;;/m11..../s1. The van der Waals surface area contributed by atoms with E-state index in [4.69, 9.17) is 39.1 Å². The van der Waals surface area contributed by atoms with Crippen LogP contribution in [0.4, 0.5) is 26.3 Å². The molecule has 2 aliphatic rings. The van der Waals surface area contributed by atoms with E-state index < -0.39 is 35.6 Å². The SMILES string of the molecule is CC(C)(C)OC(=O)C1CO1.CC(C)(C)OC(=O)[C@H](O)COc1ccc(Br)cc1.CC(C)(C)c1cc(C=N[C@@H]2CCCC[C@H]2N=Cc2cc(C(C)(C)C)cc(C(C)(C)C)c2O)c(O)c(C(C)(C)C)c1.CC(O)(C(F)(F)F)C(F)(F)F.Oc1ccc(Br)cc1.[Co]. The second-order valence-corrected chi connectivity index (χ2v) is 29.4. The van der Waals surface area contributed by atoms with Gasteiger partial charge in [0.15, 0.2) is 12.2 Å². The first-order valence-corrected chi connectivity index (χ1v) is 30.1. The van der Waals surface area contributed by atoms with Crippen LogP contribution in [0.3, 0.4) is 0 Å². The molecule has 497 valence electrons. The molecule has 1 heterocycles. The van der Waals surface area contributed by atoms with Crippen LogP contribution in [0.2, 0.25) is 0 Å². The fourth-order valence-electron chi connectivity index (χ4n) is 7.61. The Bertz CT molecular complexity index is 2770. The number of ether oxygens (including phenoxy) is 4. The Hall–Kier alpha value is -4.71. The molecule has 2 fully saturated rings. The summed E-state index contributed by atoms with van der Waals surface area (Å²) >= 11 is 6.54. The average Bonchev–Trinajstić information content (AvgIpc) is 1.77.